The van der Waals surface area contributed by atoms with Crippen LogP contribution in [0.15, 0.2) is 55.1 Å². The highest BCUT2D eigenvalue weighted by Gasteiger charge is 2.32. The molecular weight excluding hydrogens is 420 g/mol. The molecule has 0 unspecified atom stereocenters. The molecule has 2 aliphatic heterocycles. The lowest BCUT2D eigenvalue weighted by Crippen LogP contribution is -2.39. The molecule has 0 amide bonds. The maximum atomic E-state index is 10.7. The van der Waals surface area contributed by atoms with Gasteiger partial charge in [-0.1, -0.05) is 43.0 Å². The van der Waals surface area contributed by atoms with Gasteiger partial charge in [0.25, 0.3) is 0 Å². The lowest BCUT2D eigenvalue weighted by atomic mass is 9.92. The number of methoxy groups -OCH3 is 1. The molecular formula is C27H40O6. The molecule has 0 saturated carbocycles. The first-order valence-electron chi connectivity index (χ1n) is 12.1. The molecule has 0 radical (unpaired) electrons. The molecule has 2 fully saturated rings. The number of benzene rings is 1. The molecule has 2 aliphatic rings. The van der Waals surface area contributed by atoms with Gasteiger partial charge in [0, 0.05) is 26.4 Å². The Morgan fingerprint density at radius 2 is 1.91 bits per heavy atom. The minimum absolute atomic E-state index is 0.00942. The normalized spacial score (nSPS) is 25.6. The third-order valence-corrected chi connectivity index (χ3v) is 6.40. The van der Waals surface area contributed by atoms with Crippen LogP contribution in [-0.4, -0.2) is 62.2 Å². The maximum absolute atomic E-state index is 10.7. The molecule has 3 rings (SSSR count). The van der Waals surface area contributed by atoms with E-state index in [0.717, 1.165) is 24.8 Å². The maximum Gasteiger partial charge on any atom is 0.158 e. The first kappa shape index (κ1) is 26.1. The van der Waals surface area contributed by atoms with Crippen LogP contribution in [0, 0.1) is 0 Å². The van der Waals surface area contributed by atoms with E-state index in [1.807, 2.05) is 24.3 Å². The summed E-state index contributed by atoms with van der Waals surface area (Å²) < 4.78 is 29.2. The van der Waals surface area contributed by atoms with Gasteiger partial charge in [0.05, 0.1) is 50.3 Å². The Bertz CT molecular complexity index is 702. The zero-order valence-electron chi connectivity index (χ0n) is 19.9. The lowest BCUT2D eigenvalue weighted by molar-refractivity contribution is -0.130. The van der Waals surface area contributed by atoms with Crippen LogP contribution < -0.4 is 0 Å². The van der Waals surface area contributed by atoms with Crippen LogP contribution in [0.1, 0.15) is 50.5 Å². The van der Waals surface area contributed by atoms with Crippen molar-refractivity contribution in [2.45, 2.75) is 88.4 Å². The van der Waals surface area contributed by atoms with Crippen molar-refractivity contribution in [2.75, 3.05) is 20.3 Å². The van der Waals surface area contributed by atoms with E-state index in [-0.39, 0.29) is 30.7 Å². The third kappa shape index (κ3) is 8.96. The van der Waals surface area contributed by atoms with Crippen LogP contribution in [0.3, 0.4) is 0 Å². The van der Waals surface area contributed by atoms with Gasteiger partial charge in [-0.2, -0.15) is 0 Å². The fraction of sp³-hybridized carbons (Fsp3) is 0.630. The van der Waals surface area contributed by atoms with Crippen molar-refractivity contribution in [1.82, 2.24) is 0 Å². The molecule has 1 aromatic carbocycles. The summed E-state index contributed by atoms with van der Waals surface area (Å²) in [5, 5.41) is 10.7. The van der Waals surface area contributed by atoms with E-state index in [2.05, 4.69) is 25.3 Å². The summed E-state index contributed by atoms with van der Waals surface area (Å²) in [7, 11) is 1.69. The Morgan fingerprint density at radius 3 is 2.61 bits per heavy atom. The molecule has 184 valence electrons. The Balaban J connectivity index is 1.48. The van der Waals surface area contributed by atoms with Crippen LogP contribution in [0.25, 0.3) is 0 Å². The Labute approximate surface area is 198 Å². The van der Waals surface area contributed by atoms with Gasteiger partial charge in [0.1, 0.15) is 0 Å². The van der Waals surface area contributed by atoms with Crippen LogP contribution in [-0.2, 0) is 30.3 Å². The number of rotatable bonds is 14. The van der Waals surface area contributed by atoms with Crippen molar-refractivity contribution in [1.29, 1.82) is 0 Å². The highest BCUT2D eigenvalue weighted by Crippen LogP contribution is 2.29. The minimum Gasteiger partial charge on any atom is -0.389 e. The second-order valence-corrected chi connectivity index (χ2v) is 9.01. The number of ether oxygens (including phenoxy) is 5. The molecule has 6 heteroatoms. The second-order valence-electron chi connectivity index (χ2n) is 9.01. The summed E-state index contributed by atoms with van der Waals surface area (Å²) >= 11 is 0. The Kier molecular flexibility index (Phi) is 11.1. The van der Waals surface area contributed by atoms with E-state index in [4.69, 9.17) is 23.7 Å². The van der Waals surface area contributed by atoms with Gasteiger partial charge in [-0.15, -0.1) is 6.58 Å². The SMILES string of the molecule is C=CC[C@H]1C[C@@H](OCc2ccccc2)C[C@@H](C[C@@H](C[C@@H](O)C(=C)CCC2OCCO2)OC)O1. The third-order valence-electron chi connectivity index (χ3n) is 6.40. The summed E-state index contributed by atoms with van der Waals surface area (Å²) in [6.45, 7) is 9.81. The van der Waals surface area contributed by atoms with Gasteiger partial charge in [0.2, 0.25) is 0 Å². The quantitative estimate of drug-likeness (QED) is 0.411. The van der Waals surface area contributed by atoms with E-state index in [1.54, 1.807) is 7.11 Å². The second kappa shape index (κ2) is 14.0. The van der Waals surface area contributed by atoms with Gasteiger partial charge in [-0.3, -0.25) is 0 Å². The largest absolute Gasteiger partial charge is 0.389 e. The molecule has 6 nitrogen and oxygen atoms in total. The van der Waals surface area contributed by atoms with E-state index < -0.39 is 6.10 Å². The van der Waals surface area contributed by atoms with Crippen molar-refractivity contribution in [2.24, 2.45) is 0 Å². The highest BCUT2D eigenvalue weighted by atomic mass is 16.7. The van der Waals surface area contributed by atoms with Crippen molar-refractivity contribution in [3.8, 4) is 0 Å². The van der Waals surface area contributed by atoms with Crippen LogP contribution in [0.5, 0.6) is 0 Å². The average Bonchev–Trinajstić information content (AvgIpc) is 3.35. The summed E-state index contributed by atoms with van der Waals surface area (Å²) in [5.74, 6) is 0. The number of hydrogen-bond donors (Lipinski definition) is 1. The molecule has 0 aliphatic carbocycles. The smallest absolute Gasteiger partial charge is 0.158 e. The van der Waals surface area contributed by atoms with Gasteiger partial charge >= 0.3 is 0 Å². The van der Waals surface area contributed by atoms with E-state index in [0.29, 0.717) is 45.5 Å². The molecule has 0 bridgehead atoms. The fourth-order valence-electron chi connectivity index (χ4n) is 4.52. The molecule has 5 atom stereocenters. The van der Waals surface area contributed by atoms with E-state index >= 15 is 0 Å². The monoisotopic (exact) mass is 460 g/mol. The molecule has 1 N–H and O–H groups in total. The van der Waals surface area contributed by atoms with Crippen molar-refractivity contribution >= 4 is 0 Å². The van der Waals surface area contributed by atoms with Crippen LogP contribution in [0.4, 0.5) is 0 Å². The first-order chi connectivity index (χ1) is 16.1. The summed E-state index contributed by atoms with van der Waals surface area (Å²) in [6, 6.07) is 10.2. The lowest BCUT2D eigenvalue weighted by Gasteiger charge is -2.36. The number of aliphatic hydroxyl groups excluding tert-OH is 1. The van der Waals surface area contributed by atoms with Crippen LogP contribution >= 0.6 is 0 Å². The molecule has 0 spiro atoms. The first-order valence-corrected chi connectivity index (χ1v) is 12.1. The standard InChI is InChI=1S/C27H40O6/c1-4-8-22-15-24(32-19-21-9-6-5-7-10-21)17-25(33-22)16-23(29-3)18-26(28)20(2)11-12-27-30-13-14-31-27/h4-7,9-10,22-28H,1-2,8,11-19H2,3H3/t22-,23-,24+,25+,26+/m0/s1. The van der Waals surface area contributed by atoms with Gasteiger partial charge in [-0.25, -0.2) is 0 Å². The zero-order valence-corrected chi connectivity index (χ0v) is 19.9. The fourth-order valence-corrected chi connectivity index (χ4v) is 4.52. The van der Waals surface area contributed by atoms with Crippen molar-refractivity contribution in [3.05, 3.63) is 60.7 Å². The molecule has 33 heavy (non-hydrogen) atoms. The van der Waals surface area contributed by atoms with Crippen LogP contribution in [0.2, 0.25) is 0 Å². The summed E-state index contributed by atoms with van der Waals surface area (Å²) in [6.07, 6.45) is 6.22. The van der Waals surface area contributed by atoms with E-state index in [1.165, 1.54) is 5.56 Å². The number of hydrogen-bond acceptors (Lipinski definition) is 6. The average molecular weight is 461 g/mol. The predicted octanol–water partition coefficient (Wildman–Crippen LogP) is 4.56. The zero-order chi connectivity index (χ0) is 23.5. The van der Waals surface area contributed by atoms with Crippen molar-refractivity contribution in [3.63, 3.8) is 0 Å². The van der Waals surface area contributed by atoms with E-state index in [9.17, 15) is 5.11 Å². The molecule has 2 heterocycles. The van der Waals surface area contributed by atoms with Gasteiger partial charge < -0.3 is 28.8 Å². The van der Waals surface area contributed by atoms with Gasteiger partial charge in [0.15, 0.2) is 6.29 Å². The topological polar surface area (TPSA) is 66.4 Å². The highest BCUT2D eigenvalue weighted by molar-refractivity contribution is 5.13. The molecule has 0 aromatic heterocycles. The van der Waals surface area contributed by atoms with Crippen molar-refractivity contribution < 1.29 is 28.8 Å². The Hall–Kier alpha value is -1.54. The molecule has 2 saturated heterocycles. The predicted molar refractivity (Wildman–Crippen MR) is 128 cm³/mol. The minimum atomic E-state index is -0.631. The summed E-state index contributed by atoms with van der Waals surface area (Å²) in [4.78, 5) is 0. The number of aliphatic hydroxyl groups is 1. The van der Waals surface area contributed by atoms with Gasteiger partial charge in [-0.05, 0) is 36.8 Å². The summed E-state index contributed by atoms with van der Waals surface area (Å²) in [5.41, 5.74) is 1.96. The molecule has 1 aromatic rings. The Morgan fingerprint density at radius 1 is 1.18 bits per heavy atom.